The molecule has 2 heterocycles. The molecule has 0 radical (unpaired) electrons. The molecule has 2 saturated heterocycles. The number of amides is 2. The average molecular weight is 299 g/mol. The van der Waals surface area contributed by atoms with Crippen molar-refractivity contribution in [3.63, 3.8) is 0 Å². The fourth-order valence-electron chi connectivity index (χ4n) is 3.17. The van der Waals surface area contributed by atoms with Gasteiger partial charge >= 0.3 is 12.0 Å². The van der Waals surface area contributed by atoms with Gasteiger partial charge in [0.2, 0.25) is 0 Å². The molecule has 0 aromatic carbocycles. The maximum Gasteiger partial charge on any atom is 0.320 e. The number of ether oxygens (including phenoxy) is 1. The van der Waals surface area contributed by atoms with Crippen LogP contribution >= 0.6 is 0 Å². The molecule has 0 aromatic rings. The molecular formula is C14H25N3O4. The third-order valence-corrected chi connectivity index (χ3v) is 4.50. The first-order valence-electron chi connectivity index (χ1n) is 7.61. The number of rotatable bonds is 4. The van der Waals surface area contributed by atoms with Crippen LogP contribution in [0.1, 0.15) is 19.8 Å². The van der Waals surface area contributed by atoms with Gasteiger partial charge in [-0.15, -0.1) is 0 Å². The van der Waals surface area contributed by atoms with Gasteiger partial charge in [0, 0.05) is 19.6 Å². The van der Waals surface area contributed by atoms with E-state index in [1.54, 1.807) is 11.9 Å². The highest BCUT2D eigenvalue weighted by molar-refractivity contribution is 5.77. The number of urea groups is 1. The largest absolute Gasteiger partial charge is 0.481 e. The summed E-state index contributed by atoms with van der Waals surface area (Å²) in [5, 5.41) is 12.5. The van der Waals surface area contributed by atoms with Gasteiger partial charge < -0.3 is 25.0 Å². The summed E-state index contributed by atoms with van der Waals surface area (Å²) in [4.78, 5) is 27.4. The van der Waals surface area contributed by atoms with Gasteiger partial charge in [0.15, 0.2) is 0 Å². The van der Waals surface area contributed by atoms with Gasteiger partial charge in [-0.2, -0.15) is 0 Å². The van der Waals surface area contributed by atoms with Crippen molar-refractivity contribution in [3.05, 3.63) is 0 Å². The van der Waals surface area contributed by atoms with Crippen molar-refractivity contribution in [1.29, 1.82) is 0 Å². The molecule has 2 rings (SSSR count). The van der Waals surface area contributed by atoms with E-state index in [1.807, 2.05) is 11.8 Å². The highest BCUT2D eigenvalue weighted by atomic mass is 16.5. The lowest BCUT2D eigenvalue weighted by Crippen LogP contribution is -2.54. The number of hydrogen-bond donors (Lipinski definition) is 2. The van der Waals surface area contributed by atoms with E-state index in [0.717, 1.165) is 25.9 Å². The summed E-state index contributed by atoms with van der Waals surface area (Å²) in [5.74, 6) is -1.53. The standard InChI is InChI=1S/C14H25N3O4/c1-3-17(10-4-6-15-7-5-10)14(20)16(2)12-9-21-8-11(12)13(18)19/h10-12,15H,3-9H2,1-2H3,(H,18,19). The number of aliphatic carboxylic acids is 1. The number of carboxylic acid groups (broad SMARTS) is 1. The molecule has 2 amide bonds. The monoisotopic (exact) mass is 299 g/mol. The Morgan fingerprint density at radius 2 is 1.95 bits per heavy atom. The van der Waals surface area contributed by atoms with E-state index in [-0.39, 0.29) is 24.7 Å². The Kier molecular flexibility index (Phi) is 5.41. The van der Waals surface area contributed by atoms with Gasteiger partial charge in [-0.3, -0.25) is 4.79 Å². The summed E-state index contributed by atoms with van der Waals surface area (Å²) in [6.07, 6.45) is 1.88. The Morgan fingerprint density at radius 1 is 1.29 bits per heavy atom. The van der Waals surface area contributed by atoms with E-state index in [0.29, 0.717) is 13.2 Å². The molecule has 7 heteroatoms. The average Bonchev–Trinajstić information content (AvgIpc) is 2.98. The highest BCUT2D eigenvalue weighted by Gasteiger charge is 2.40. The third kappa shape index (κ3) is 3.47. The molecule has 120 valence electrons. The second kappa shape index (κ2) is 7.09. The van der Waals surface area contributed by atoms with Crippen LogP contribution in [0.3, 0.4) is 0 Å². The number of carbonyl (C=O) groups excluding carboxylic acids is 1. The number of nitrogens with one attached hydrogen (secondary N) is 1. The van der Waals surface area contributed by atoms with Crippen LogP contribution in [-0.4, -0.2) is 78.9 Å². The second-order valence-corrected chi connectivity index (χ2v) is 5.71. The van der Waals surface area contributed by atoms with Crippen molar-refractivity contribution in [2.75, 3.05) is 39.9 Å². The van der Waals surface area contributed by atoms with Crippen LogP contribution in [0.4, 0.5) is 4.79 Å². The summed E-state index contributed by atoms with van der Waals surface area (Å²) >= 11 is 0. The van der Waals surface area contributed by atoms with Crippen LogP contribution in [0.2, 0.25) is 0 Å². The molecule has 7 nitrogen and oxygen atoms in total. The minimum atomic E-state index is -0.901. The van der Waals surface area contributed by atoms with Gasteiger partial charge in [-0.25, -0.2) is 4.79 Å². The van der Waals surface area contributed by atoms with E-state index >= 15 is 0 Å². The van der Waals surface area contributed by atoms with Crippen molar-refractivity contribution < 1.29 is 19.4 Å². The lowest BCUT2D eigenvalue weighted by atomic mass is 10.0. The molecule has 2 N–H and O–H groups in total. The molecular weight excluding hydrogens is 274 g/mol. The quantitative estimate of drug-likeness (QED) is 0.775. The van der Waals surface area contributed by atoms with Crippen LogP contribution < -0.4 is 5.32 Å². The Hall–Kier alpha value is -1.34. The number of likely N-dealkylation sites (N-methyl/N-ethyl adjacent to an activating group) is 1. The van der Waals surface area contributed by atoms with Gasteiger partial charge in [-0.05, 0) is 32.9 Å². The van der Waals surface area contributed by atoms with Gasteiger partial charge in [-0.1, -0.05) is 0 Å². The second-order valence-electron chi connectivity index (χ2n) is 5.71. The maximum atomic E-state index is 12.7. The minimum absolute atomic E-state index is 0.0915. The molecule has 2 aliphatic heterocycles. The minimum Gasteiger partial charge on any atom is -0.481 e. The SMILES string of the molecule is CCN(C(=O)N(C)C1COCC1C(=O)O)C1CCNCC1. The summed E-state index contributed by atoms with van der Waals surface area (Å²) < 4.78 is 5.26. The maximum absolute atomic E-state index is 12.7. The fraction of sp³-hybridized carbons (Fsp3) is 0.857. The van der Waals surface area contributed by atoms with E-state index in [1.165, 1.54) is 0 Å². The number of nitrogens with zero attached hydrogens (tertiary/aromatic N) is 2. The van der Waals surface area contributed by atoms with Crippen molar-refractivity contribution in [2.45, 2.75) is 31.8 Å². The topological polar surface area (TPSA) is 82.1 Å². The van der Waals surface area contributed by atoms with Crippen molar-refractivity contribution in [1.82, 2.24) is 15.1 Å². The summed E-state index contributed by atoms with van der Waals surface area (Å²) in [7, 11) is 1.68. The normalized spacial score (nSPS) is 26.6. The first-order valence-corrected chi connectivity index (χ1v) is 7.61. The molecule has 2 atom stereocenters. The predicted molar refractivity (Wildman–Crippen MR) is 77.2 cm³/mol. The molecule has 0 aliphatic carbocycles. The zero-order chi connectivity index (χ0) is 15.4. The highest BCUT2D eigenvalue weighted by Crippen LogP contribution is 2.22. The number of piperidine rings is 1. The van der Waals surface area contributed by atoms with Crippen LogP contribution in [-0.2, 0) is 9.53 Å². The van der Waals surface area contributed by atoms with Gasteiger partial charge in [0.25, 0.3) is 0 Å². The molecule has 2 fully saturated rings. The first kappa shape index (κ1) is 16.0. The summed E-state index contributed by atoms with van der Waals surface area (Å²) in [6, 6.07) is -0.242. The van der Waals surface area contributed by atoms with Gasteiger partial charge in [0.05, 0.1) is 19.3 Å². The molecule has 0 spiro atoms. The lowest BCUT2D eigenvalue weighted by molar-refractivity contribution is -0.142. The van der Waals surface area contributed by atoms with E-state index in [4.69, 9.17) is 4.74 Å². The Labute approximate surface area is 125 Å². The van der Waals surface area contributed by atoms with E-state index in [9.17, 15) is 14.7 Å². The van der Waals surface area contributed by atoms with Crippen molar-refractivity contribution >= 4 is 12.0 Å². The van der Waals surface area contributed by atoms with Crippen LogP contribution in [0, 0.1) is 5.92 Å². The molecule has 0 saturated carbocycles. The predicted octanol–water partition coefficient (Wildman–Crippen LogP) is 0.212. The van der Waals surface area contributed by atoms with Gasteiger partial charge in [0.1, 0.15) is 5.92 Å². The number of hydrogen-bond acceptors (Lipinski definition) is 4. The van der Waals surface area contributed by atoms with E-state index in [2.05, 4.69) is 5.32 Å². The van der Waals surface area contributed by atoms with Crippen molar-refractivity contribution in [3.8, 4) is 0 Å². The molecule has 0 aromatic heterocycles. The molecule has 21 heavy (non-hydrogen) atoms. The van der Waals surface area contributed by atoms with Crippen LogP contribution in [0.5, 0.6) is 0 Å². The van der Waals surface area contributed by atoms with Crippen LogP contribution in [0.15, 0.2) is 0 Å². The number of carboxylic acids is 1. The van der Waals surface area contributed by atoms with E-state index < -0.39 is 11.9 Å². The zero-order valence-electron chi connectivity index (χ0n) is 12.7. The fourth-order valence-corrected chi connectivity index (χ4v) is 3.17. The Bertz CT molecular complexity index is 384. The molecule has 2 aliphatic rings. The van der Waals surface area contributed by atoms with Crippen molar-refractivity contribution in [2.24, 2.45) is 5.92 Å². The summed E-state index contributed by atoms with van der Waals surface area (Å²) in [6.45, 7) is 4.91. The third-order valence-electron chi connectivity index (χ3n) is 4.50. The first-order chi connectivity index (χ1) is 10.1. The Morgan fingerprint density at radius 3 is 2.52 bits per heavy atom. The summed E-state index contributed by atoms with van der Waals surface area (Å²) in [5.41, 5.74) is 0. The molecule has 2 unspecified atom stereocenters. The number of carbonyl (C=O) groups is 2. The zero-order valence-corrected chi connectivity index (χ0v) is 12.7. The smallest absolute Gasteiger partial charge is 0.320 e. The molecule has 0 bridgehead atoms. The van der Waals surface area contributed by atoms with Crippen LogP contribution in [0.25, 0.3) is 0 Å². The lowest BCUT2D eigenvalue weighted by Gasteiger charge is -2.38. The Balaban J connectivity index is 2.04.